The summed E-state index contributed by atoms with van der Waals surface area (Å²) in [7, 11) is 1.52. The molecule has 0 aliphatic carbocycles. The summed E-state index contributed by atoms with van der Waals surface area (Å²) in [4.78, 5) is 28.8. The summed E-state index contributed by atoms with van der Waals surface area (Å²) in [6.07, 6.45) is 0.390. The summed E-state index contributed by atoms with van der Waals surface area (Å²) in [5.74, 6) is 0.157. The van der Waals surface area contributed by atoms with E-state index in [0.29, 0.717) is 28.5 Å². The Bertz CT molecular complexity index is 1020. The monoisotopic (exact) mass is 410 g/mol. The molecule has 0 saturated heterocycles. The molecule has 0 bridgehead atoms. The van der Waals surface area contributed by atoms with Crippen LogP contribution in [0.2, 0.25) is 0 Å². The van der Waals surface area contributed by atoms with Gasteiger partial charge in [-0.1, -0.05) is 11.8 Å². The predicted molar refractivity (Wildman–Crippen MR) is 112 cm³/mol. The van der Waals surface area contributed by atoms with E-state index < -0.39 is 6.09 Å². The number of methoxy groups -OCH3 is 1. The molecule has 0 atom stereocenters. The van der Waals surface area contributed by atoms with Gasteiger partial charge in [-0.05, 0) is 48.5 Å². The van der Waals surface area contributed by atoms with Crippen LogP contribution in [-0.4, -0.2) is 29.2 Å². The van der Waals surface area contributed by atoms with Crippen LogP contribution >= 0.6 is 11.8 Å². The number of aromatic nitrogens is 1. The van der Waals surface area contributed by atoms with Gasteiger partial charge in [0.2, 0.25) is 5.88 Å². The van der Waals surface area contributed by atoms with E-state index >= 15 is 0 Å². The molecule has 0 aliphatic rings. The highest BCUT2D eigenvalue weighted by Gasteiger charge is 2.10. The van der Waals surface area contributed by atoms with E-state index in [2.05, 4.69) is 15.6 Å². The van der Waals surface area contributed by atoms with Crippen LogP contribution in [0, 0.1) is 0 Å². The maximum atomic E-state index is 12.4. The number of amides is 2. The van der Waals surface area contributed by atoms with E-state index in [-0.39, 0.29) is 5.91 Å². The molecule has 5 N–H and O–H groups in total. The Balaban J connectivity index is 1.67. The highest BCUT2D eigenvalue weighted by molar-refractivity contribution is 7.99. The van der Waals surface area contributed by atoms with Crippen molar-refractivity contribution >= 4 is 40.8 Å². The van der Waals surface area contributed by atoms with Crippen molar-refractivity contribution in [2.24, 2.45) is 0 Å². The smallest absolute Gasteiger partial charge is 0.409 e. The molecule has 2 amide bonds. The highest BCUT2D eigenvalue weighted by Crippen LogP contribution is 2.33. The summed E-state index contributed by atoms with van der Waals surface area (Å²) >= 11 is 1.41. The van der Waals surface area contributed by atoms with Crippen molar-refractivity contribution < 1.29 is 19.4 Å². The quantitative estimate of drug-likeness (QED) is 0.449. The Morgan fingerprint density at radius 3 is 2.34 bits per heavy atom. The first-order valence-corrected chi connectivity index (χ1v) is 9.25. The number of carbonyl (C=O) groups excluding carboxylic acids is 1. The van der Waals surface area contributed by atoms with E-state index in [1.807, 2.05) is 0 Å². The molecule has 0 spiro atoms. The molecule has 0 aliphatic heterocycles. The first kappa shape index (κ1) is 20.0. The normalized spacial score (nSPS) is 10.2. The van der Waals surface area contributed by atoms with E-state index in [9.17, 15) is 9.59 Å². The number of nitrogens with two attached hydrogens (primary N) is 1. The number of rotatable bonds is 6. The maximum Gasteiger partial charge on any atom is 0.409 e. The van der Waals surface area contributed by atoms with E-state index in [4.69, 9.17) is 15.6 Å². The molecular weight excluding hydrogens is 392 g/mol. The molecular formula is C20H18N4O4S. The zero-order valence-electron chi connectivity index (χ0n) is 15.4. The average Bonchev–Trinajstić information content (AvgIpc) is 2.71. The van der Waals surface area contributed by atoms with Crippen LogP contribution in [0.25, 0.3) is 0 Å². The predicted octanol–water partition coefficient (Wildman–Crippen LogP) is 4.17. The number of pyridine rings is 1. The first-order chi connectivity index (χ1) is 13.9. The minimum atomic E-state index is -1.12. The van der Waals surface area contributed by atoms with Gasteiger partial charge in [-0.15, -0.1) is 0 Å². The molecule has 2 aromatic carbocycles. The van der Waals surface area contributed by atoms with Crippen LogP contribution in [0.5, 0.6) is 5.88 Å². The lowest BCUT2D eigenvalue weighted by molar-refractivity contribution is 0.102. The second-order valence-electron chi connectivity index (χ2n) is 5.85. The molecule has 0 radical (unpaired) electrons. The topological polar surface area (TPSA) is 127 Å². The van der Waals surface area contributed by atoms with Crippen LogP contribution in [0.3, 0.4) is 0 Å². The second-order valence-corrected chi connectivity index (χ2v) is 6.97. The van der Waals surface area contributed by atoms with Crippen LogP contribution in [-0.2, 0) is 0 Å². The SMILES string of the molecule is COc1ccc(NC(=O)c2ccc(Sc3ccc(NC(=O)O)cc3)c(N)c2)cn1. The first-order valence-electron chi connectivity index (χ1n) is 8.43. The number of nitrogens with one attached hydrogen (secondary N) is 2. The van der Waals surface area contributed by atoms with Gasteiger partial charge in [0.25, 0.3) is 5.91 Å². The van der Waals surface area contributed by atoms with Crippen molar-refractivity contribution in [2.75, 3.05) is 23.5 Å². The number of ether oxygens (including phenoxy) is 1. The Hall–Kier alpha value is -3.72. The number of hydrogen-bond acceptors (Lipinski definition) is 6. The Morgan fingerprint density at radius 1 is 1.03 bits per heavy atom. The maximum absolute atomic E-state index is 12.4. The van der Waals surface area contributed by atoms with Gasteiger partial charge in [0.15, 0.2) is 0 Å². The fraction of sp³-hybridized carbons (Fsp3) is 0.0500. The van der Waals surface area contributed by atoms with Crippen LogP contribution in [0.15, 0.2) is 70.6 Å². The molecule has 9 heteroatoms. The Morgan fingerprint density at radius 2 is 1.76 bits per heavy atom. The number of carboxylic acid groups (broad SMARTS) is 1. The number of nitrogens with zero attached hydrogens (tertiary/aromatic N) is 1. The van der Waals surface area contributed by atoms with Gasteiger partial charge < -0.3 is 20.9 Å². The molecule has 0 unspecified atom stereocenters. The fourth-order valence-corrected chi connectivity index (χ4v) is 3.26. The van der Waals surface area contributed by atoms with Gasteiger partial charge in [0.1, 0.15) is 0 Å². The van der Waals surface area contributed by atoms with Gasteiger partial charge in [-0.25, -0.2) is 9.78 Å². The van der Waals surface area contributed by atoms with Crippen LogP contribution in [0.4, 0.5) is 21.9 Å². The standard InChI is InChI=1S/C20H18N4O4S/c1-28-18-9-5-14(11-22-18)23-19(25)12-2-8-17(16(21)10-12)29-15-6-3-13(4-7-15)24-20(26)27/h2-11,24H,21H2,1H3,(H,23,25)(H,26,27). The zero-order chi connectivity index (χ0) is 20.8. The number of nitrogen functional groups attached to an aromatic ring is 1. The third-order valence-corrected chi connectivity index (χ3v) is 4.91. The second kappa shape index (κ2) is 8.98. The summed E-state index contributed by atoms with van der Waals surface area (Å²) in [6.45, 7) is 0. The average molecular weight is 410 g/mol. The van der Waals surface area contributed by atoms with E-state index in [1.165, 1.54) is 25.1 Å². The summed E-state index contributed by atoms with van der Waals surface area (Å²) in [6, 6.07) is 15.3. The lowest BCUT2D eigenvalue weighted by Gasteiger charge is -2.10. The molecule has 8 nitrogen and oxygen atoms in total. The summed E-state index contributed by atoms with van der Waals surface area (Å²) in [5.41, 5.74) is 8.02. The lowest BCUT2D eigenvalue weighted by atomic mass is 10.2. The van der Waals surface area contributed by atoms with E-state index in [1.54, 1.807) is 54.6 Å². The summed E-state index contributed by atoms with van der Waals surface area (Å²) < 4.78 is 4.99. The Kier molecular flexibility index (Phi) is 6.20. The van der Waals surface area contributed by atoms with Crippen LogP contribution < -0.4 is 21.1 Å². The van der Waals surface area contributed by atoms with Crippen LogP contribution in [0.1, 0.15) is 10.4 Å². The van der Waals surface area contributed by atoms with Crippen molar-refractivity contribution in [2.45, 2.75) is 9.79 Å². The molecule has 0 saturated carbocycles. The van der Waals surface area contributed by atoms with Gasteiger partial charge in [0, 0.05) is 32.8 Å². The molecule has 3 aromatic rings. The fourth-order valence-electron chi connectivity index (χ4n) is 2.42. The van der Waals surface area contributed by atoms with Crippen molar-refractivity contribution in [3.8, 4) is 5.88 Å². The molecule has 29 heavy (non-hydrogen) atoms. The number of hydrogen-bond donors (Lipinski definition) is 4. The van der Waals surface area contributed by atoms with Gasteiger partial charge in [-0.3, -0.25) is 10.1 Å². The zero-order valence-corrected chi connectivity index (χ0v) is 16.2. The highest BCUT2D eigenvalue weighted by atomic mass is 32.2. The van der Waals surface area contributed by atoms with Gasteiger partial charge in [-0.2, -0.15) is 0 Å². The van der Waals surface area contributed by atoms with Gasteiger partial charge >= 0.3 is 6.09 Å². The number of benzene rings is 2. The van der Waals surface area contributed by atoms with Crippen molar-refractivity contribution in [3.63, 3.8) is 0 Å². The summed E-state index contributed by atoms with van der Waals surface area (Å²) in [5, 5.41) is 13.8. The van der Waals surface area contributed by atoms with Gasteiger partial charge in [0.05, 0.1) is 19.0 Å². The van der Waals surface area contributed by atoms with E-state index in [0.717, 1.165) is 9.79 Å². The third kappa shape index (κ3) is 5.39. The Labute approximate surface area is 171 Å². The minimum Gasteiger partial charge on any atom is -0.481 e. The largest absolute Gasteiger partial charge is 0.481 e. The third-order valence-electron chi connectivity index (χ3n) is 3.81. The minimum absolute atomic E-state index is 0.302. The lowest BCUT2D eigenvalue weighted by Crippen LogP contribution is -2.12. The van der Waals surface area contributed by atoms with Crippen molar-refractivity contribution in [1.29, 1.82) is 0 Å². The van der Waals surface area contributed by atoms with Crippen molar-refractivity contribution in [1.82, 2.24) is 4.98 Å². The number of anilines is 3. The number of carbonyl (C=O) groups is 2. The molecule has 148 valence electrons. The molecule has 3 rings (SSSR count). The molecule has 1 heterocycles. The molecule has 0 fully saturated rings. The van der Waals surface area contributed by atoms with Crippen molar-refractivity contribution in [3.05, 3.63) is 66.4 Å². The molecule has 1 aromatic heterocycles.